The summed E-state index contributed by atoms with van der Waals surface area (Å²) in [5.74, 6) is 0.0960. The Morgan fingerprint density at radius 3 is 2.95 bits per heavy atom. The number of carbonyl (C=O) groups is 1. The number of rotatable bonds is 0. The van der Waals surface area contributed by atoms with Gasteiger partial charge in [0, 0.05) is 18.1 Å². The molecule has 1 aromatic carbocycles. The normalized spacial score (nSPS) is 19.4. The van der Waals surface area contributed by atoms with Gasteiger partial charge < -0.3 is 5.11 Å². The van der Waals surface area contributed by atoms with Crippen LogP contribution in [-0.4, -0.2) is 10.9 Å². The molecular formula is C18H14O2. The van der Waals surface area contributed by atoms with Gasteiger partial charge in [-0.25, -0.2) is 0 Å². The molecule has 2 heteroatoms. The van der Waals surface area contributed by atoms with E-state index in [1.54, 1.807) is 0 Å². The van der Waals surface area contributed by atoms with Crippen molar-refractivity contribution in [1.82, 2.24) is 0 Å². The predicted molar refractivity (Wildman–Crippen MR) is 79.3 cm³/mol. The van der Waals surface area contributed by atoms with Crippen molar-refractivity contribution in [3.63, 3.8) is 0 Å². The highest BCUT2D eigenvalue weighted by molar-refractivity contribution is 6.01. The number of carbonyl (C=O) groups excluding carboxylic acids is 1. The molecule has 1 aromatic rings. The first kappa shape index (κ1) is 11.5. The topological polar surface area (TPSA) is 37.3 Å². The average molecular weight is 262 g/mol. The fourth-order valence-corrected chi connectivity index (χ4v) is 3.35. The minimum Gasteiger partial charge on any atom is -0.507 e. The maximum Gasteiger partial charge on any atom is 0.163 e. The third-order valence-electron chi connectivity index (χ3n) is 4.24. The summed E-state index contributed by atoms with van der Waals surface area (Å²) in [6, 6.07) is 4.08. The SMILES string of the molecule is O=C1C=C(O)c2c(ccc3c2CC=C2CC=CC=C23)C1. The average Bonchev–Trinajstić information content (AvgIpc) is 2.46. The van der Waals surface area contributed by atoms with Crippen LogP contribution < -0.4 is 0 Å². The molecule has 3 aliphatic rings. The minimum atomic E-state index is -0.0261. The first-order chi connectivity index (χ1) is 9.74. The van der Waals surface area contributed by atoms with Gasteiger partial charge >= 0.3 is 0 Å². The largest absolute Gasteiger partial charge is 0.507 e. The van der Waals surface area contributed by atoms with Crippen LogP contribution in [0.25, 0.3) is 11.3 Å². The van der Waals surface area contributed by atoms with Crippen LogP contribution in [0.4, 0.5) is 0 Å². The van der Waals surface area contributed by atoms with E-state index < -0.39 is 0 Å². The van der Waals surface area contributed by atoms with Gasteiger partial charge in [0.15, 0.2) is 5.78 Å². The Kier molecular flexibility index (Phi) is 2.34. The summed E-state index contributed by atoms with van der Waals surface area (Å²) >= 11 is 0. The first-order valence-electron chi connectivity index (χ1n) is 6.89. The maximum absolute atomic E-state index is 11.6. The molecule has 0 aliphatic heterocycles. The van der Waals surface area contributed by atoms with Gasteiger partial charge in [-0.15, -0.1) is 0 Å². The summed E-state index contributed by atoms with van der Waals surface area (Å²) in [6.45, 7) is 0. The maximum atomic E-state index is 11.6. The Morgan fingerprint density at radius 2 is 2.05 bits per heavy atom. The number of fused-ring (bicyclic) bond motifs is 5. The highest BCUT2D eigenvalue weighted by Crippen LogP contribution is 2.40. The number of allylic oxidation sites excluding steroid dienone is 7. The lowest BCUT2D eigenvalue weighted by molar-refractivity contribution is -0.114. The van der Waals surface area contributed by atoms with Crippen LogP contribution in [0.15, 0.2) is 48.1 Å². The zero-order valence-electron chi connectivity index (χ0n) is 11.0. The Bertz CT molecular complexity index is 758. The molecule has 98 valence electrons. The number of ketones is 1. The van der Waals surface area contributed by atoms with Gasteiger partial charge in [0.05, 0.1) is 0 Å². The molecule has 4 rings (SSSR count). The van der Waals surface area contributed by atoms with Gasteiger partial charge in [0.25, 0.3) is 0 Å². The van der Waals surface area contributed by atoms with E-state index >= 15 is 0 Å². The van der Waals surface area contributed by atoms with Gasteiger partial charge in [-0.2, -0.15) is 0 Å². The van der Waals surface area contributed by atoms with Crippen molar-refractivity contribution in [1.29, 1.82) is 0 Å². The second kappa shape index (κ2) is 4.07. The summed E-state index contributed by atoms with van der Waals surface area (Å²) in [6.07, 6.45) is 12.2. The third-order valence-corrected chi connectivity index (χ3v) is 4.24. The van der Waals surface area contributed by atoms with Crippen LogP contribution >= 0.6 is 0 Å². The van der Waals surface area contributed by atoms with E-state index in [9.17, 15) is 9.90 Å². The number of aliphatic hydroxyl groups excluding tert-OH is 1. The van der Waals surface area contributed by atoms with Crippen molar-refractivity contribution in [3.8, 4) is 0 Å². The van der Waals surface area contributed by atoms with Crippen molar-refractivity contribution < 1.29 is 9.90 Å². The second-order valence-electron chi connectivity index (χ2n) is 5.44. The Labute approximate surface area is 117 Å². The van der Waals surface area contributed by atoms with E-state index in [1.807, 2.05) is 6.07 Å². The molecule has 0 saturated carbocycles. The molecule has 20 heavy (non-hydrogen) atoms. The molecule has 0 fully saturated rings. The van der Waals surface area contributed by atoms with E-state index in [0.717, 1.165) is 29.5 Å². The molecular weight excluding hydrogens is 248 g/mol. The molecule has 0 radical (unpaired) electrons. The minimum absolute atomic E-state index is 0.0261. The van der Waals surface area contributed by atoms with Gasteiger partial charge in [0.2, 0.25) is 0 Å². The fourth-order valence-electron chi connectivity index (χ4n) is 3.35. The van der Waals surface area contributed by atoms with Crippen molar-refractivity contribution in [2.75, 3.05) is 0 Å². The summed E-state index contributed by atoms with van der Waals surface area (Å²) in [4.78, 5) is 11.6. The van der Waals surface area contributed by atoms with E-state index in [1.165, 1.54) is 22.8 Å². The van der Waals surface area contributed by atoms with E-state index in [-0.39, 0.29) is 11.5 Å². The summed E-state index contributed by atoms with van der Waals surface area (Å²) in [5, 5.41) is 10.2. The van der Waals surface area contributed by atoms with Crippen LogP contribution in [0.5, 0.6) is 0 Å². The molecule has 0 amide bonds. The molecule has 0 heterocycles. The molecule has 0 aromatic heterocycles. The van der Waals surface area contributed by atoms with Crippen LogP contribution in [0.3, 0.4) is 0 Å². The van der Waals surface area contributed by atoms with E-state index in [4.69, 9.17) is 0 Å². The molecule has 3 aliphatic carbocycles. The van der Waals surface area contributed by atoms with Crippen LogP contribution in [0.1, 0.15) is 28.7 Å². The molecule has 2 nitrogen and oxygen atoms in total. The molecule has 0 saturated heterocycles. The van der Waals surface area contributed by atoms with Crippen molar-refractivity contribution in [3.05, 3.63) is 70.3 Å². The number of hydrogen-bond donors (Lipinski definition) is 1. The van der Waals surface area contributed by atoms with E-state index in [0.29, 0.717) is 6.42 Å². The monoisotopic (exact) mass is 262 g/mol. The van der Waals surface area contributed by atoms with E-state index in [2.05, 4.69) is 30.4 Å². The molecule has 0 unspecified atom stereocenters. The smallest absolute Gasteiger partial charge is 0.163 e. The summed E-state index contributed by atoms with van der Waals surface area (Å²) < 4.78 is 0. The zero-order chi connectivity index (χ0) is 13.7. The van der Waals surface area contributed by atoms with Gasteiger partial charge in [-0.05, 0) is 40.7 Å². The van der Waals surface area contributed by atoms with Crippen LogP contribution in [0.2, 0.25) is 0 Å². The molecule has 0 bridgehead atoms. The number of hydrogen-bond acceptors (Lipinski definition) is 2. The quantitative estimate of drug-likeness (QED) is 0.776. The highest BCUT2D eigenvalue weighted by Gasteiger charge is 2.26. The van der Waals surface area contributed by atoms with Gasteiger partial charge in [0.1, 0.15) is 5.76 Å². The first-order valence-corrected chi connectivity index (χ1v) is 6.89. The zero-order valence-corrected chi connectivity index (χ0v) is 11.0. The Balaban J connectivity index is 1.97. The lowest BCUT2D eigenvalue weighted by Gasteiger charge is -2.26. The molecule has 0 spiro atoms. The lowest BCUT2D eigenvalue weighted by Crippen LogP contribution is -2.15. The Hall–Kier alpha value is -2.35. The van der Waals surface area contributed by atoms with Crippen LogP contribution in [-0.2, 0) is 17.6 Å². The van der Waals surface area contributed by atoms with Crippen molar-refractivity contribution >= 4 is 17.1 Å². The van der Waals surface area contributed by atoms with Gasteiger partial charge in [-0.3, -0.25) is 4.79 Å². The third kappa shape index (κ3) is 1.54. The number of benzene rings is 1. The molecule has 0 atom stereocenters. The van der Waals surface area contributed by atoms with Gasteiger partial charge in [-0.1, -0.05) is 36.4 Å². The van der Waals surface area contributed by atoms with Crippen molar-refractivity contribution in [2.45, 2.75) is 19.3 Å². The summed E-state index contributed by atoms with van der Waals surface area (Å²) in [5.41, 5.74) is 6.76. The Morgan fingerprint density at radius 1 is 1.15 bits per heavy atom. The summed E-state index contributed by atoms with van der Waals surface area (Å²) in [7, 11) is 0. The highest BCUT2D eigenvalue weighted by atomic mass is 16.3. The van der Waals surface area contributed by atoms with Crippen LogP contribution in [0, 0.1) is 0 Å². The molecule has 1 N–H and O–H groups in total. The predicted octanol–water partition coefficient (Wildman–Crippen LogP) is 3.54. The fraction of sp³-hybridized carbons (Fsp3) is 0.167. The lowest BCUT2D eigenvalue weighted by atomic mass is 9.78. The van der Waals surface area contributed by atoms with Crippen molar-refractivity contribution in [2.24, 2.45) is 0 Å². The standard InChI is InChI=1S/C18H14O2/c19-13-9-12-6-7-15-14-4-2-1-3-11(14)5-8-16(15)18(12)17(20)10-13/h1-2,4-7,10,20H,3,8-9H2. The second-order valence-corrected chi connectivity index (χ2v) is 5.44. The number of aliphatic hydroxyl groups is 1.